The zero-order valence-corrected chi connectivity index (χ0v) is 15.5. The number of hydrogen-bond acceptors (Lipinski definition) is 4. The first-order valence-corrected chi connectivity index (χ1v) is 8.45. The molecule has 27 heavy (non-hydrogen) atoms. The Kier molecular flexibility index (Phi) is 5.52. The van der Waals surface area contributed by atoms with Gasteiger partial charge in [0.2, 0.25) is 0 Å². The second kappa shape index (κ2) is 8.01. The van der Waals surface area contributed by atoms with Gasteiger partial charge in [-0.2, -0.15) is 0 Å². The van der Waals surface area contributed by atoms with Crippen molar-refractivity contribution in [3.8, 4) is 11.5 Å². The van der Waals surface area contributed by atoms with Gasteiger partial charge in [-0.25, -0.2) is 0 Å². The average molecular weight is 388 g/mol. The number of nitrogens with one attached hydrogen (secondary N) is 2. The maximum atomic E-state index is 12.2. The van der Waals surface area contributed by atoms with Crippen molar-refractivity contribution < 1.29 is 19.1 Å². The molecule has 3 aromatic rings. The summed E-state index contributed by atoms with van der Waals surface area (Å²) in [7, 11) is 2.99. The first-order valence-electron chi connectivity index (χ1n) is 8.07. The highest BCUT2D eigenvalue weighted by Gasteiger charge is 2.12. The van der Waals surface area contributed by atoms with Gasteiger partial charge in [-0.3, -0.25) is 20.4 Å². The number of ether oxygens (including phenoxy) is 2. The summed E-state index contributed by atoms with van der Waals surface area (Å²) in [4.78, 5) is 24.4. The third-order valence-electron chi connectivity index (χ3n) is 4.01. The minimum Gasteiger partial charge on any atom is -0.493 e. The van der Waals surface area contributed by atoms with Gasteiger partial charge in [0.25, 0.3) is 11.8 Å². The van der Waals surface area contributed by atoms with Crippen molar-refractivity contribution >= 4 is 34.3 Å². The van der Waals surface area contributed by atoms with Crippen molar-refractivity contribution in [3.63, 3.8) is 0 Å². The summed E-state index contributed by atoms with van der Waals surface area (Å²) in [6.07, 6.45) is 1.79. The van der Waals surface area contributed by atoms with E-state index in [9.17, 15) is 9.59 Å². The molecule has 1 aromatic heterocycles. The van der Waals surface area contributed by atoms with Crippen LogP contribution in [0, 0.1) is 0 Å². The fourth-order valence-corrected chi connectivity index (χ4v) is 2.83. The molecule has 8 heteroatoms. The van der Waals surface area contributed by atoms with E-state index >= 15 is 0 Å². The molecule has 7 nitrogen and oxygen atoms in total. The van der Waals surface area contributed by atoms with Gasteiger partial charge < -0.3 is 14.0 Å². The molecular formula is C19H18ClN3O4. The van der Waals surface area contributed by atoms with Gasteiger partial charge in [0.15, 0.2) is 11.5 Å². The Labute approximate surface area is 160 Å². The number of halogens is 1. The minimum absolute atomic E-state index is 0.0378. The lowest BCUT2D eigenvalue weighted by atomic mass is 10.2. The summed E-state index contributed by atoms with van der Waals surface area (Å²) in [5.74, 6) is 0.0920. The van der Waals surface area contributed by atoms with Gasteiger partial charge in [0.1, 0.15) is 6.54 Å². The highest BCUT2D eigenvalue weighted by molar-refractivity contribution is 6.31. The highest BCUT2D eigenvalue weighted by Crippen LogP contribution is 2.27. The van der Waals surface area contributed by atoms with E-state index < -0.39 is 5.91 Å². The number of hydrazine groups is 1. The molecule has 1 heterocycles. The number of aromatic nitrogens is 1. The normalized spacial score (nSPS) is 10.5. The molecule has 0 saturated carbocycles. The predicted octanol–water partition coefficient (Wildman–Crippen LogP) is 2.77. The molecule has 2 aromatic carbocycles. The Morgan fingerprint density at radius 2 is 1.78 bits per heavy atom. The molecule has 0 radical (unpaired) electrons. The van der Waals surface area contributed by atoms with Crippen molar-refractivity contribution in [1.29, 1.82) is 0 Å². The highest BCUT2D eigenvalue weighted by atomic mass is 35.5. The maximum absolute atomic E-state index is 12.2. The largest absolute Gasteiger partial charge is 0.493 e. The van der Waals surface area contributed by atoms with Crippen molar-refractivity contribution in [2.24, 2.45) is 0 Å². The molecule has 0 saturated heterocycles. The number of rotatable bonds is 5. The second-order valence-electron chi connectivity index (χ2n) is 5.72. The maximum Gasteiger partial charge on any atom is 0.269 e. The second-order valence-corrected chi connectivity index (χ2v) is 6.16. The van der Waals surface area contributed by atoms with Crippen LogP contribution in [0.2, 0.25) is 5.02 Å². The fraction of sp³-hybridized carbons (Fsp3) is 0.158. The van der Waals surface area contributed by atoms with Gasteiger partial charge in [0.05, 0.1) is 14.2 Å². The Bertz CT molecular complexity index is 1000. The molecule has 0 bridgehead atoms. The van der Waals surface area contributed by atoms with E-state index in [4.69, 9.17) is 21.1 Å². The summed E-state index contributed by atoms with van der Waals surface area (Å²) >= 11 is 6.01. The SMILES string of the molecule is COc1ccc(C(=O)NNC(=O)Cn2ccc3ccc(Cl)cc32)cc1OC. The van der Waals surface area contributed by atoms with Crippen molar-refractivity contribution in [3.05, 3.63) is 59.2 Å². The summed E-state index contributed by atoms with van der Waals surface area (Å²) in [6, 6.07) is 12.1. The van der Waals surface area contributed by atoms with Crippen LogP contribution in [0.1, 0.15) is 10.4 Å². The van der Waals surface area contributed by atoms with E-state index in [1.54, 1.807) is 35.0 Å². The van der Waals surface area contributed by atoms with Gasteiger partial charge >= 0.3 is 0 Å². The quantitative estimate of drug-likeness (QED) is 0.659. The van der Waals surface area contributed by atoms with E-state index in [1.807, 2.05) is 12.1 Å². The molecule has 0 unspecified atom stereocenters. The summed E-state index contributed by atoms with van der Waals surface area (Å²) in [5, 5.41) is 1.56. The lowest BCUT2D eigenvalue weighted by molar-refractivity contribution is -0.122. The van der Waals surface area contributed by atoms with Crippen LogP contribution in [-0.4, -0.2) is 30.6 Å². The van der Waals surface area contributed by atoms with Crippen LogP contribution in [-0.2, 0) is 11.3 Å². The molecule has 2 N–H and O–H groups in total. The van der Waals surface area contributed by atoms with E-state index in [-0.39, 0.29) is 12.5 Å². The molecule has 2 amide bonds. The van der Waals surface area contributed by atoms with Crippen LogP contribution in [0.5, 0.6) is 11.5 Å². The molecular weight excluding hydrogens is 370 g/mol. The number of hydrogen-bond donors (Lipinski definition) is 2. The zero-order valence-electron chi connectivity index (χ0n) is 14.8. The van der Waals surface area contributed by atoms with Crippen LogP contribution >= 0.6 is 11.6 Å². The van der Waals surface area contributed by atoms with Crippen LogP contribution in [0.15, 0.2) is 48.7 Å². The van der Waals surface area contributed by atoms with E-state index in [1.165, 1.54) is 20.3 Å². The van der Waals surface area contributed by atoms with Crippen LogP contribution in [0.25, 0.3) is 10.9 Å². The number of methoxy groups -OCH3 is 2. The first-order chi connectivity index (χ1) is 13.0. The van der Waals surface area contributed by atoms with E-state index in [0.29, 0.717) is 22.1 Å². The molecule has 0 spiro atoms. The molecule has 0 aliphatic rings. The predicted molar refractivity (Wildman–Crippen MR) is 102 cm³/mol. The molecule has 140 valence electrons. The lowest BCUT2D eigenvalue weighted by Gasteiger charge is -2.11. The molecule has 0 fully saturated rings. The van der Waals surface area contributed by atoms with Crippen molar-refractivity contribution in [1.82, 2.24) is 15.4 Å². The number of nitrogens with zero attached hydrogens (tertiary/aromatic N) is 1. The van der Waals surface area contributed by atoms with Gasteiger partial charge in [0, 0.05) is 22.3 Å². The number of carbonyl (C=O) groups excluding carboxylic acids is 2. The Morgan fingerprint density at radius 1 is 1.00 bits per heavy atom. The first kappa shape index (κ1) is 18.6. The minimum atomic E-state index is -0.468. The molecule has 0 atom stereocenters. The number of benzene rings is 2. The summed E-state index contributed by atoms with van der Waals surface area (Å²) in [5.41, 5.74) is 5.95. The summed E-state index contributed by atoms with van der Waals surface area (Å²) in [6.45, 7) is 0.0378. The van der Waals surface area contributed by atoms with E-state index in [0.717, 1.165) is 10.9 Å². The van der Waals surface area contributed by atoms with Crippen LogP contribution in [0.4, 0.5) is 0 Å². The third-order valence-corrected chi connectivity index (χ3v) is 4.25. The van der Waals surface area contributed by atoms with Crippen LogP contribution in [0.3, 0.4) is 0 Å². The van der Waals surface area contributed by atoms with Gasteiger partial charge in [-0.05, 0) is 41.8 Å². The average Bonchev–Trinajstić information content (AvgIpc) is 3.07. The monoisotopic (exact) mass is 387 g/mol. The Balaban J connectivity index is 1.63. The smallest absolute Gasteiger partial charge is 0.269 e. The fourth-order valence-electron chi connectivity index (χ4n) is 2.67. The standard InChI is InChI=1S/C19H18ClN3O4/c1-26-16-6-4-13(9-17(16)27-2)19(25)22-21-18(24)11-23-8-7-12-3-5-14(20)10-15(12)23/h3-10H,11H2,1-2H3,(H,21,24)(H,22,25). The molecule has 3 rings (SSSR count). The van der Waals surface area contributed by atoms with E-state index in [2.05, 4.69) is 10.9 Å². The Morgan fingerprint density at radius 3 is 2.52 bits per heavy atom. The van der Waals surface area contributed by atoms with Crippen molar-refractivity contribution in [2.75, 3.05) is 14.2 Å². The van der Waals surface area contributed by atoms with Gasteiger partial charge in [-0.15, -0.1) is 0 Å². The lowest BCUT2D eigenvalue weighted by Crippen LogP contribution is -2.43. The number of carbonyl (C=O) groups is 2. The zero-order chi connectivity index (χ0) is 19.4. The van der Waals surface area contributed by atoms with Crippen LogP contribution < -0.4 is 20.3 Å². The number of amides is 2. The van der Waals surface area contributed by atoms with Gasteiger partial charge in [-0.1, -0.05) is 17.7 Å². The van der Waals surface area contributed by atoms with Crippen molar-refractivity contribution in [2.45, 2.75) is 6.54 Å². The molecule has 0 aliphatic heterocycles. The summed E-state index contributed by atoms with van der Waals surface area (Å²) < 4.78 is 12.0. The third kappa shape index (κ3) is 4.15. The molecule has 0 aliphatic carbocycles. The topological polar surface area (TPSA) is 81.6 Å². The Hall–Kier alpha value is -3.19. The number of fused-ring (bicyclic) bond motifs is 1.